The molecule has 9 heteroatoms. The summed E-state index contributed by atoms with van der Waals surface area (Å²) in [5, 5.41) is 10.0. The highest BCUT2D eigenvalue weighted by atomic mass is 32.1. The lowest BCUT2D eigenvalue weighted by Crippen LogP contribution is -2.24. The van der Waals surface area contributed by atoms with Crippen LogP contribution in [0.4, 0.5) is 0 Å². The molecular weight excluding hydrogens is 400 g/mol. The lowest BCUT2D eigenvalue weighted by Gasteiger charge is -2.08. The van der Waals surface area contributed by atoms with Crippen LogP contribution in [0.5, 0.6) is 5.75 Å². The molecule has 0 aliphatic heterocycles. The van der Waals surface area contributed by atoms with Gasteiger partial charge < -0.3 is 14.5 Å². The van der Waals surface area contributed by atoms with E-state index < -0.39 is 0 Å². The van der Waals surface area contributed by atoms with Crippen LogP contribution in [0.25, 0.3) is 17.0 Å². The summed E-state index contributed by atoms with van der Waals surface area (Å²) in [6.07, 6.45) is 4.16. The molecule has 0 saturated heterocycles. The van der Waals surface area contributed by atoms with Gasteiger partial charge in [-0.3, -0.25) is 14.5 Å². The van der Waals surface area contributed by atoms with E-state index in [4.69, 9.17) is 17.0 Å². The molecule has 0 unspecified atom stereocenters. The first-order chi connectivity index (χ1) is 14.5. The number of imidazole rings is 1. The molecular formula is C21H22N6O2S. The molecule has 0 saturated carbocycles. The Morgan fingerprint density at radius 1 is 1.27 bits per heavy atom. The Morgan fingerprint density at radius 2 is 2.07 bits per heavy atom. The van der Waals surface area contributed by atoms with Crippen LogP contribution in [0.3, 0.4) is 0 Å². The number of H-pyrrole nitrogens is 1. The molecule has 1 amide bonds. The standard InChI is InChI=1S/C21H22N6O2S/c1-14-7-9-26-13-16(23-18(26)11-14)12-22-19(28)8-10-27-20(24-25-21(27)30)15-3-5-17(29-2)6-4-15/h3-7,9,11,13H,8,10,12H2,1-2H3,(H,22,28)(H,25,30). The first-order valence-corrected chi connectivity index (χ1v) is 9.95. The van der Waals surface area contributed by atoms with Gasteiger partial charge in [-0.25, -0.2) is 4.98 Å². The molecule has 0 atom stereocenters. The maximum absolute atomic E-state index is 12.4. The highest BCUT2D eigenvalue weighted by molar-refractivity contribution is 7.71. The molecule has 0 fully saturated rings. The predicted octanol–water partition coefficient (Wildman–Crippen LogP) is 3.28. The van der Waals surface area contributed by atoms with E-state index in [0.29, 0.717) is 23.7 Å². The van der Waals surface area contributed by atoms with Crippen molar-refractivity contribution in [1.29, 1.82) is 0 Å². The second-order valence-corrected chi connectivity index (χ2v) is 7.35. The van der Waals surface area contributed by atoms with Gasteiger partial charge in [0.25, 0.3) is 0 Å². The molecule has 2 N–H and O–H groups in total. The number of aromatic amines is 1. The van der Waals surface area contributed by atoms with Crippen LogP contribution in [0.15, 0.2) is 48.8 Å². The quantitative estimate of drug-likeness (QED) is 0.446. The molecule has 154 valence electrons. The summed E-state index contributed by atoms with van der Waals surface area (Å²) in [7, 11) is 1.62. The van der Waals surface area contributed by atoms with Gasteiger partial charge in [-0.05, 0) is 61.1 Å². The number of amides is 1. The Hall–Kier alpha value is -3.46. The summed E-state index contributed by atoms with van der Waals surface area (Å²) in [5.74, 6) is 1.37. The third-order valence-corrected chi connectivity index (χ3v) is 5.11. The van der Waals surface area contributed by atoms with Crippen molar-refractivity contribution >= 4 is 23.8 Å². The van der Waals surface area contributed by atoms with Gasteiger partial charge >= 0.3 is 0 Å². The van der Waals surface area contributed by atoms with Gasteiger partial charge in [0, 0.05) is 30.9 Å². The van der Waals surface area contributed by atoms with Gasteiger partial charge in [0.1, 0.15) is 11.4 Å². The SMILES string of the molecule is COc1ccc(-c2n[nH]c(=S)n2CCC(=O)NCc2cn3ccc(C)cc3n2)cc1. The van der Waals surface area contributed by atoms with Crippen LogP contribution in [0.1, 0.15) is 17.7 Å². The summed E-state index contributed by atoms with van der Waals surface area (Å²) in [5.41, 5.74) is 3.72. The molecule has 0 spiro atoms. The smallest absolute Gasteiger partial charge is 0.222 e. The molecule has 0 aliphatic rings. The summed E-state index contributed by atoms with van der Waals surface area (Å²) < 4.78 is 9.44. The van der Waals surface area contributed by atoms with Gasteiger partial charge in [0.15, 0.2) is 10.6 Å². The number of benzene rings is 1. The summed E-state index contributed by atoms with van der Waals surface area (Å²) in [6, 6.07) is 11.6. The fourth-order valence-corrected chi connectivity index (χ4v) is 3.42. The number of fused-ring (bicyclic) bond motifs is 1. The molecule has 1 aromatic carbocycles. The average Bonchev–Trinajstić information content (AvgIpc) is 3.33. The molecule has 4 rings (SSSR count). The van der Waals surface area contributed by atoms with Crippen molar-refractivity contribution in [3.8, 4) is 17.1 Å². The lowest BCUT2D eigenvalue weighted by atomic mass is 10.2. The van der Waals surface area contributed by atoms with Crippen LogP contribution < -0.4 is 10.1 Å². The number of ether oxygens (including phenoxy) is 1. The summed E-state index contributed by atoms with van der Waals surface area (Å²) >= 11 is 5.34. The van der Waals surface area contributed by atoms with Gasteiger partial charge in [-0.1, -0.05) is 0 Å². The number of methoxy groups -OCH3 is 1. The maximum atomic E-state index is 12.4. The Kier molecular flexibility index (Phi) is 5.62. The number of hydrogen-bond donors (Lipinski definition) is 2. The fraction of sp³-hybridized carbons (Fsp3) is 0.238. The minimum atomic E-state index is -0.0768. The van der Waals surface area contributed by atoms with Crippen molar-refractivity contribution < 1.29 is 9.53 Å². The third-order valence-electron chi connectivity index (χ3n) is 4.80. The van der Waals surface area contributed by atoms with Gasteiger partial charge in [-0.2, -0.15) is 5.10 Å². The summed E-state index contributed by atoms with van der Waals surface area (Å²) in [4.78, 5) is 16.9. The van der Waals surface area contributed by atoms with Crippen molar-refractivity contribution in [3.63, 3.8) is 0 Å². The van der Waals surface area contributed by atoms with E-state index in [1.54, 1.807) is 7.11 Å². The minimum absolute atomic E-state index is 0.0768. The number of aryl methyl sites for hydroxylation is 1. The second kappa shape index (κ2) is 8.50. The van der Waals surface area contributed by atoms with Gasteiger partial charge in [0.05, 0.1) is 19.3 Å². The third kappa shape index (κ3) is 4.25. The maximum Gasteiger partial charge on any atom is 0.222 e. The fourth-order valence-electron chi connectivity index (χ4n) is 3.20. The zero-order valence-corrected chi connectivity index (χ0v) is 17.6. The van der Waals surface area contributed by atoms with Gasteiger partial charge in [-0.15, -0.1) is 0 Å². The minimum Gasteiger partial charge on any atom is -0.497 e. The number of carbonyl (C=O) groups excluding carboxylic acids is 1. The number of nitrogens with one attached hydrogen (secondary N) is 2. The second-order valence-electron chi connectivity index (χ2n) is 6.96. The predicted molar refractivity (Wildman–Crippen MR) is 116 cm³/mol. The Balaban J connectivity index is 1.38. The van der Waals surface area contributed by atoms with E-state index in [0.717, 1.165) is 28.2 Å². The number of hydrogen-bond acceptors (Lipinski definition) is 5. The Bertz CT molecular complexity index is 1240. The zero-order chi connectivity index (χ0) is 21.1. The number of nitrogens with zero attached hydrogens (tertiary/aromatic N) is 4. The monoisotopic (exact) mass is 422 g/mol. The average molecular weight is 423 g/mol. The van der Waals surface area contributed by atoms with E-state index >= 15 is 0 Å². The molecule has 8 nitrogen and oxygen atoms in total. The number of carbonyl (C=O) groups is 1. The van der Waals surface area contributed by atoms with E-state index in [2.05, 4.69) is 20.5 Å². The highest BCUT2D eigenvalue weighted by Crippen LogP contribution is 2.21. The Labute approximate surface area is 178 Å². The number of aromatic nitrogens is 5. The molecule has 30 heavy (non-hydrogen) atoms. The normalized spacial score (nSPS) is 11.0. The van der Waals surface area contributed by atoms with Crippen molar-refractivity contribution in [3.05, 3.63) is 64.8 Å². The number of rotatable bonds is 7. The van der Waals surface area contributed by atoms with Crippen molar-refractivity contribution in [1.82, 2.24) is 29.5 Å². The van der Waals surface area contributed by atoms with E-state index in [1.165, 1.54) is 0 Å². The van der Waals surface area contributed by atoms with Crippen molar-refractivity contribution in [2.75, 3.05) is 7.11 Å². The molecule has 0 bridgehead atoms. The van der Waals surface area contributed by atoms with Crippen molar-refractivity contribution in [2.24, 2.45) is 0 Å². The molecule has 4 aromatic rings. The first kappa shape index (κ1) is 19.8. The van der Waals surface area contributed by atoms with Crippen LogP contribution >= 0.6 is 12.2 Å². The Morgan fingerprint density at radius 3 is 2.83 bits per heavy atom. The van der Waals surface area contributed by atoms with E-state index in [1.807, 2.05) is 64.7 Å². The van der Waals surface area contributed by atoms with E-state index in [9.17, 15) is 4.79 Å². The van der Waals surface area contributed by atoms with Crippen LogP contribution in [0, 0.1) is 11.7 Å². The highest BCUT2D eigenvalue weighted by Gasteiger charge is 2.11. The van der Waals surface area contributed by atoms with E-state index in [-0.39, 0.29) is 12.3 Å². The molecule has 0 radical (unpaired) electrons. The van der Waals surface area contributed by atoms with Crippen LogP contribution in [0.2, 0.25) is 0 Å². The van der Waals surface area contributed by atoms with Gasteiger partial charge in [0.2, 0.25) is 5.91 Å². The topological polar surface area (TPSA) is 89.2 Å². The van der Waals surface area contributed by atoms with Crippen LogP contribution in [-0.4, -0.2) is 37.2 Å². The first-order valence-electron chi connectivity index (χ1n) is 9.54. The molecule has 0 aliphatic carbocycles. The summed E-state index contributed by atoms with van der Waals surface area (Å²) in [6.45, 7) is 2.83. The zero-order valence-electron chi connectivity index (χ0n) is 16.8. The van der Waals surface area contributed by atoms with Crippen LogP contribution in [-0.2, 0) is 17.9 Å². The number of pyridine rings is 1. The van der Waals surface area contributed by atoms with Crippen molar-refractivity contribution in [2.45, 2.75) is 26.4 Å². The molecule has 3 aromatic heterocycles. The molecule has 3 heterocycles. The largest absolute Gasteiger partial charge is 0.497 e. The lowest BCUT2D eigenvalue weighted by molar-refractivity contribution is -0.121.